The van der Waals surface area contributed by atoms with Crippen LogP contribution in [0.1, 0.15) is 25.0 Å². The average Bonchev–Trinajstić information content (AvgIpc) is 2.47. The molecule has 0 fully saturated rings. The molecular weight excluding hydrogens is 264 g/mol. The number of rotatable bonds is 6. The van der Waals surface area contributed by atoms with Gasteiger partial charge in [0.25, 0.3) is 0 Å². The number of pyridine rings is 1. The Hall–Kier alpha value is -2.07. The minimum Gasteiger partial charge on any atom is -0.493 e. The maximum Gasteiger partial charge on any atom is 0.169 e. The van der Waals surface area contributed by atoms with Gasteiger partial charge < -0.3 is 15.2 Å². The maximum absolute atomic E-state index is 5.89. The van der Waals surface area contributed by atoms with Crippen molar-refractivity contribution >= 4 is 0 Å². The monoisotopic (exact) mass is 286 g/mol. The summed E-state index contributed by atoms with van der Waals surface area (Å²) < 4.78 is 11.3. The first kappa shape index (κ1) is 15.3. The van der Waals surface area contributed by atoms with E-state index in [0.717, 1.165) is 24.2 Å². The zero-order valence-electron chi connectivity index (χ0n) is 12.8. The van der Waals surface area contributed by atoms with Gasteiger partial charge in [-0.2, -0.15) is 0 Å². The highest BCUT2D eigenvalue weighted by molar-refractivity contribution is 5.45. The third kappa shape index (κ3) is 4.20. The third-order valence-corrected chi connectivity index (χ3v) is 3.19. The van der Waals surface area contributed by atoms with Crippen LogP contribution in [0.5, 0.6) is 17.2 Å². The van der Waals surface area contributed by atoms with Crippen molar-refractivity contribution in [2.24, 2.45) is 5.73 Å². The Morgan fingerprint density at radius 3 is 2.62 bits per heavy atom. The molecule has 4 nitrogen and oxygen atoms in total. The minimum atomic E-state index is 0.0976. The SMILES string of the molecule is CCc1ccc(Oc2cncc(CC(C)N)c2)c(OC)c1. The molecule has 21 heavy (non-hydrogen) atoms. The molecule has 1 aromatic carbocycles. The first-order chi connectivity index (χ1) is 10.1. The molecule has 0 spiro atoms. The maximum atomic E-state index is 5.89. The van der Waals surface area contributed by atoms with Crippen LogP contribution in [0, 0.1) is 0 Å². The van der Waals surface area contributed by atoms with E-state index in [0.29, 0.717) is 11.5 Å². The number of ether oxygens (including phenoxy) is 2. The zero-order chi connectivity index (χ0) is 15.2. The molecular formula is C17H22N2O2. The van der Waals surface area contributed by atoms with Crippen molar-refractivity contribution < 1.29 is 9.47 Å². The van der Waals surface area contributed by atoms with Crippen LogP contribution in [0.2, 0.25) is 0 Å². The Labute approximate surface area is 125 Å². The molecule has 0 bridgehead atoms. The van der Waals surface area contributed by atoms with Gasteiger partial charge in [-0.25, -0.2) is 0 Å². The van der Waals surface area contributed by atoms with Crippen LogP contribution in [0.15, 0.2) is 36.7 Å². The molecule has 0 saturated carbocycles. The number of aromatic nitrogens is 1. The molecule has 2 aromatic rings. The molecule has 0 aliphatic heterocycles. The molecule has 2 N–H and O–H groups in total. The summed E-state index contributed by atoms with van der Waals surface area (Å²) in [5, 5.41) is 0. The summed E-state index contributed by atoms with van der Waals surface area (Å²) in [5.74, 6) is 2.11. The Morgan fingerprint density at radius 1 is 1.14 bits per heavy atom. The van der Waals surface area contributed by atoms with Crippen molar-refractivity contribution in [2.75, 3.05) is 7.11 Å². The van der Waals surface area contributed by atoms with E-state index in [1.54, 1.807) is 13.3 Å². The number of benzene rings is 1. The first-order valence-electron chi connectivity index (χ1n) is 7.16. The number of aryl methyl sites for hydroxylation is 1. The Morgan fingerprint density at radius 2 is 1.95 bits per heavy atom. The summed E-state index contributed by atoms with van der Waals surface area (Å²) in [6.07, 6.45) is 5.24. The van der Waals surface area contributed by atoms with Gasteiger partial charge in [-0.15, -0.1) is 0 Å². The van der Waals surface area contributed by atoms with Crippen molar-refractivity contribution in [3.8, 4) is 17.2 Å². The molecule has 4 heteroatoms. The van der Waals surface area contributed by atoms with Crippen LogP contribution in [0.4, 0.5) is 0 Å². The van der Waals surface area contributed by atoms with Crippen molar-refractivity contribution in [2.45, 2.75) is 32.7 Å². The van der Waals surface area contributed by atoms with Crippen LogP contribution in [-0.2, 0) is 12.8 Å². The topological polar surface area (TPSA) is 57.4 Å². The molecule has 1 heterocycles. The summed E-state index contributed by atoms with van der Waals surface area (Å²) in [6, 6.07) is 8.02. The lowest BCUT2D eigenvalue weighted by Gasteiger charge is -2.12. The van der Waals surface area contributed by atoms with Gasteiger partial charge in [0.1, 0.15) is 5.75 Å². The van der Waals surface area contributed by atoms with E-state index in [1.807, 2.05) is 37.4 Å². The quantitative estimate of drug-likeness (QED) is 0.885. The van der Waals surface area contributed by atoms with E-state index in [1.165, 1.54) is 5.56 Å². The minimum absolute atomic E-state index is 0.0976. The molecule has 0 aliphatic rings. The van der Waals surface area contributed by atoms with E-state index < -0.39 is 0 Å². The number of hydrogen-bond donors (Lipinski definition) is 1. The van der Waals surface area contributed by atoms with Crippen molar-refractivity contribution in [3.63, 3.8) is 0 Å². The average molecular weight is 286 g/mol. The molecule has 1 unspecified atom stereocenters. The van der Waals surface area contributed by atoms with Gasteiger partial charge in [0.15, 0.2) is 11.5 Å². The highest BCUT2D eigenvalue weighted by Gasteiger charge is 2.08. The number of hydrogen-bond acceptors (Lipinski definition) is 4. The van der Waals surface area contributed by atoms with Crippen molar-refractivity contribution in [1.82, 2.24) is 4.98 Å². The standard InChI is InChI=1S/C17H22N2O2/c1-4-13-5-6-16(17(9-13)20-3)21-15-8-14(7-12(2)18)10-19-11-15/h5-6,8-12H,4,7,18H2,1-3H3. The predicted molar refractivity (Wildman–Crippen MR) is 84.0 cm³/mol. The molecule has 0 radical (unpaired) electrons. The van der Waals surface area contributed by atoms with E-state index >= 15 is 0 Å². The van der Waals surface area contributed by atoms with Crippen molar-refractivity contribution in [3.05, 3.63) is 47.8 Å². The smallest absolute Gasteiger partial charge is 0.169 e. The molecule has 0 saturated heterocycles. The van der Waals surface area contributed by atoms with Gasteiger partial charge in [0.05, 0.1) is 13.3 Å². The second-order valence-electron chi connectivity index (χ2n) is 5.15. The third-order valence-electron chi connectivity index (χ3n) is 3.19. The number of methoxy groups -OCH3 is 1. The van der Waals surface area contributed by atoms with E-state index in [2.05, 4.69) is 11.9 Å². The van der Waals surface area contributed by atoms with Gasteiger partial charge in [-0.1, -0.05) is 13.0 Å². The summed E-state index contributed by atoms with van der Waals surface area (Å²) in [5.41, 5.74) is 8.09. The second-order valence-corrected chi connectivity index (χ2v) is 5.15. The summed E-state index contributed by atoms with van der Waals surface area (Å²) in [7, 11) is 1.65. The van der Waals surface area contributed by atoms with Gasteiger partial charge in [-0.05, 0) is 49.1 Å². The number of nitrogens with two attached hydrogens (primary N) is 1. The van der Waals surface area contributed by atoms with E-state index in [-0.39, 0.29) is 6.04 Å². The van der Waals surface area contributed by atoms with Gasteiger partial charge >= 0.3 is 0 Å². The highest BCUT2D eigenvalue weighted by Crippen LogP contribution is 2.32. The molecule has 0 aliphatic carbocycles. The van der Waals surface area contributed by atoms with Crippen LogP contribution in [0.25, 0.3) is 0 Å². The Kier molecular flexibility index (Phi) is 5.17. The Bertz CT molecular complexity index is 597. The van der Waals surface area contributed by atoms with Crippen molar-refractivity contribution in [1.29, 1.82) is 0 Å². The van der Waals surface area contributed by atoms with Crippen LogP contribution < -0.4 is 15.2 Å². The van der Waals surface area contributed by atoms with Crippen LogP contribution in [-0.4, -0.2) is 18.1 Å². The highest BCUT2D eigenvalue weighted by atomic mass is 16.5. The van der Waals surface area contributed by atoms with Gasteiger partial charge in [-0.3, -0.25) is 4.98 Å². The lowest BCUT2D eigenvalue weighted by atomic mass is 10.1. The normalized spacial score (nSPS) is 12.0. The lowest BCUT2D eigenvalue weighted by molar-refractivity contribution is 0.377. The van der Waals surface area contributed by atoms with Crippen LogP contribution >= 0.6 is 0 Å². The van der Waals surface area contributed by atoms with E-state index in [9.17, 15) is 0 Å². The zero-order valence-corrected chi connectivity index (χ0v) is 12.8. The molecule has 2 rings (SSSR count). The van der Waals surface area contributed by atoms with Gasteiger partial charge in [0, 0.05) is 12.2 Å². The fraction of sp³-hybridized carbons (Fsp3) is 0.353. The summed E-state index contributed by atoms with van der Waals surface area (Å²) >= 11 is 0. The lowest BCUT2D eigenvalue weighted by Crippen LogP contribution is -2.17. The molecule has 112 valence electrons. The fourth-order valence-electron chi connectivity index (χ4n) is 2.15. The van der Waals surface area contributed by atoms with Gasteiger partial charge in [0.2, 0.25) is 0 Å². The molecule has 0 amide bonds. The first-order valence-corrected chi connectivity index (χ1v) is 7.16. The number of nitrogens with zero attached hydrogens (tertiary/aromatic N) is 1. The van der Waals surface area contributed by atoms with Crippen LogP contribution in [0.3, 0.4) is 0 Å². The largest absolute Gasteiger partial charge is 0.493 e. The summed E-state index contributed by atoms with van der Waals surface area (Å²) in [6.45, 7) is 4.08. The second kappa shape index (κ2) is 7.09. The summed E-state index contributed by atoms with van der Waals surface area (Å²) in [4.78, 5) is 4.20. The molecule has 1 aromatic heterocycles. The fourth-order valence-corrected chi connectivity index (χ4v) is 2.15. The Balaban J connectivity index is 2.21. The molecule has 1 atom stereocenters. The van der Waals surface area contributed by atoms with E-state index in [4.69, 9.17) is 15.2 Å². The predicted octanol–water partition coefficient (Wildman–Crippen LogP) is 3.33.